The van der Waals surface area contributed by atoms with Gasteiger partial charge >= 0.3 is 5.97 Å². The first-order valence-electron chi connectivity index (χ1n) is 15.9. The second kappa shape index (κ2) is 12.5. The number of imidazole rings is 1. The SMILES string of the molecule is CC1OC(C)C1c1ccc(COc2cccc(C3CCN(Cc4nc5ccc(C(=O)O)cc5n4C[C@@H]4CCO4)CC3)n2)c(F)c1. The Hall–Kier alpha value is -3.86. The Morgan fingerprint density at radius 3 is 2.53 bits per heavy atom. The fourth-order valence-electron chi connectivity index (χ4n) is 6.97. The van der Waals surface area contributed by atoms with E-state index in [9.17, 15) is 14.3 Å². The number of benzene rings is 2. The van der Waals surface area contributed by atoms with E-state index in [4.69, 9.17) is 24.2 Å². The Kier molecular flexibility index (Phi) is 8.29. The van der Waals surface area contributed by atoms with Gasteiger partial charge in [0.2, 0.25) is 5.88 Å². The summed E-state index contributed by atoms with van der Waals surface area (Å²) in [6.07, 6.45) is 3.23. The molecule has 3 aliphatic heterocycles. The number of likely N-dealkylation sites (tertiary alicyclic amines) is 1. The first kappa shape index (κ1) is 29.8. The van der Waals surface area contributed by atoms with Crippen LogP contribution in [0.1, 0.15) is 77.9 Å². The van der Waals surface area contributed by atoms with Crippen LogP contribution >= 0.6 is 0 Å². The molecule has 1 N–H and O–H groups in total. The van der Waals surface area contributed by atoms with E-state index >= 15 is 0 Å². The zero-order chi connectivity index (χ0) is 31.1. The minimum atomic E-state index is -0.943. The molecule has 236 valence electrons. The van der Waals surface area contributed by atoms with Crippen LogP contribution in [-0.4, -0.2) is 68.5 Å². The van der Waals surface area contributed by atoms with Crippen molar-refractivity contribution in [3.63, 3.8) is 0 Å². The highest BCUT2D eigenvalue weighted by Gasteiger charge is 2.37. The predicted molar refractivity (Wildman–Crippen MR) is 166 cm³/mol. The summed E-state index contributed by atoms with van der Waals surface area (Å²) in [5.74, 6) is 0.741. The van der Waals surface area contributed by atoms with E-state index < -0.39 is 5.97 Å². The fourth-order valence-corrected chi connectivity index (χ4v) is 6.97. The molecule has 0 amide bonds. The molecular formula is C35H39FN4O5. The number of pyridine rings is 1. The van der Waals surface area contributed by atoms with E-state index in [1.807, 2.05) is 38.1 Å². The van der Waals surface area contributed by atoms with Gasteiger partial charge in [-0.2, -0.15) is 0 Å². The van der Waals surface area contributed by atoms with Gasteiger partial charge in [0.05, 0.1) is 48.0 Å². The van der Waals surface area contributed by atoms with Crippen LogP contribution in [0.4, 0.5) is 4.39 Å². The first-order chi connectivity index (χ1) is 21.8. The summed E-state index contributed by atoms with van der Waals surface area (Å²) in [6, 6.07) is 16.3. The molecule has 3 aliphatic rings. The number of hydrogen-bond donors (Lipinski definition) is 1. The van der Waals surface area contributed by atoms with Crippen LogP contribution < -0.4 is 4.74 Å². The zero-order valence-electron chi connectivity index (χ0n) is 25.7. The number of ether oxygens (including phenoxy) is 3. The van der Waals surface area contributed by atoms with Gasteiger partial charge in [0, 0.05) is 35.8 Å². The van der Waals surface area contributed by atoms with Gasteiger partial charge in [-0.05, 0) is 82.1 Å². The third-order valence-corrected chi connectivity index (χ3v) is 9.65. The van der Waals surface area contributed by atoms with Crippen LogP contribution in [-0.2, 0) is 29.2 Å². The average Bonchev–Trinajstić information content (AvgIpc) is 3.34. The summed E-state index contributed by atoms with van der Waals surface area (Å²) in [4.78, 5) is 23.7. The summed E-state index contributed by atoms with van der Waals surface area (Å²) in [5, 5.41) is 9.53. The number of carboxylic acids is 1. The molecule has 3 fully saturated rings. The fraction of sp³-hybridized carbons (Fsp3) is 0.457. The molecule has 45 heavy (non-hydrogen) atoms. The monoisotopic (exact) mass is 614 g/mol. The number of aromatic nitrogens is 3. The number of piperidine rings is 1. The quantitative estimate of drug-likeness (QED) is 0.236. The van der Waals surface area contributed by atoms with Crippen molar-refractivity contribution in [3.8, 4) is 5.88 Å². The standard InChI is InChI=1S/C35H39FN4O5/c1-21-34(22(2)45-21)24-6-7-26(28(36)16-24)20-44-33-5-3-4-29(38-33)23-10-13-39(14-11-23)19-32-37-30-9-8-25(35(41)42)17-31(30)40(32)18-27-12-15-43-27/h3-9,16-17,21-23,27,34H,10-15,18-20H2,1-2H3,(H,41,42)/t21?,22?,27-,34?/m0/s1. The molecule has 0 aliphatic carbocycles. The van der Waals surface area contributed by atoms with Crippen LogP contribution in [0.2, 0.25) is 0 Å². The average molecular weight is 615 g/mol. The van der Waals surface area contributed by atoms with E-state index in [1.165, 1.54) is 0 Å². The van der Waals surface area contributed by atoms with Crippen LogP contribution in [0, 0.1) is 5.82 Å². The lowest BCUT2D eigenvalue weighted by Crippen LogP contribution is -2.42. The molecule has 0 bridgehead atoms. The number of carboxylic acid groups (broad SMARTS) is 1. The third kappa shape index (κ3) is 6.19. The normalized spacial score (nSPS) is 23.9. The molecule has 0 radical (unpaired) electrons. The topological polar surface area (TPSA) is 98.9 Å². The molecule has 5 heterocycles. The lowest BCUT2D eigenvalue weighted by atomic mass is 9.84. The van der Waals surface area contributed by atoms with E-state index in [1.54, 1.807) is 30.3 Å². The Morgan fingerprint density at radius 1 is 1.04 bits per heavy atom. The zero-order valence-corrected chi connectivity index (χ0v) is 25.7. The lowest BCUT2D eigenvalue weighted by Gasteiger charge is -2.41. The Morgan fingerprint density at radius 2 is 1.84 bits per heavy atom. The summed E-state index contributed by atoms with van der Waals surface area (Å²) in [5.41, 5.74) is 4.37. The smallest absolute Gasteiger partial charge is 0.335 e. The summed E-state index contributed by atoms with van der Waals surface area (Å²) in [6.45, 7) is 8.06. The van der Waals surface area contributed by atoms with Crippen molar-refractivity contribution >= 4 is 17.0 Å². The highest BCUT2D eigenvalue weighted by atomic mass is 19.1. The van der Waals surface area contributed by atoms with Crippen molar-refractivity contribution in [2.24, 2.45) is 0 Å². The summed E-state index contributed by atoms with van der Waals surface area (Å²) >= 11 is 0. The number of halogens is 1. The maximum atomic E-state index is 14.9. The number of rotatable bonds is 10. The van der Waals surface area contributed by atoms with Gasteiger partial charge in [0.1, 0.15) is 18.2 Å². The molecule has 0 spiro atoms. The first-order valence-corrected chi connectivity index (χ1v) is 15.9. The number of hydrogen-bond acceptors (Lipinski definition) is 7. The Balaban J connectivity index is 0.975. The molecule has 7 rings (SSSR count). The van der Waals surface area contributed by atoms with Gasteiger partial charge in [-0.3, -0.25) is 4.90 Å². The second-order valence-electron chi connectivity index (χ2n) is 12.6. The molecule has 2 aromatic carbocycles. The van der Waals surface area contributed by atoms with Crippen LogP contribution in [0.3, 0.4) is 0 Å². The van der Waals surface area contributed by atoms with Crippen molar-refractivity contribution in [3.05, 3.63) is 88.6 Å². The minimum absolute atomic E-state index is 0.102. The van der Waals surface area contributed by atoms with E-state index in [2.05, 4.69) is 9.47 Å². The summed E-state index contributed by atoms with van der Waals surface area (Å²) < 4.78 is 34.4. The molecule has 2 unspecified atom stereocenters. The van der Waals surface area contributed by atoms with Crippen LogP contribution in [0.25, 0.3) is 11.0 Å². The van der Waals surface area contributed by atoms with Gasteiger partial charge in [-0.25, -0.2) is 19.2 Å². The van der Waals surface area contributed by atoms with Gasteiger partial charge in [0.25, 0.3) is 0 Å². The maximum Gasteiger partial charge on any atom is 0.335 e. The highest BCUT2D eigenvalue weighted by molar-refractivity contribution is 5.92. The Labute approximate surface area is 261 Å². The third-order valence-electron chi connectivity index (χ3n) is 9.65. The van der Waals surface area contributed by atoms with Crippen molar-refractivity contribution in [1.29, 1.82) is 0 Å². The van der Waals surface area contributed by atoms with Crippen molar-refractivity contribution < 1.29 is 28.5 Å². The molecular weight excluding hydrogens is 575 g/mol. The molecule has 4 aromatic rings. The maximum absolute atomic E-state index is 14.9. The Bertz CT molecular complexity index is 1690. The van der Waals surface area contributed by atoms with Crippen molar-refractivity contribution in [2.45, 2.75) is 83.0 Å². The van der Waals surface area contributed by atoms with Gasteiger partial charge < -0.3 is 23.9 Å². The lowest BCUT2D eigenvalue weighted by molar-refractivity contribution is -0.128. The minimum Gasteiger partial charge on any atom is -0.478 e. The predicted octanol–water partition coefficient (Wildman–Crippen LogP) is 5.91. The number of aromatic carboxylic acids is 1. The van der Waals surface area contributed by atoms with E-state index in [0.29, 0.717) is 30.5 Å². The van der Waals surface area contributed by atoms with Gasteiger partial charge in [0.15, 0.2) is 0 Å². The van der Waals surface area contributed by atoms with Gasteiger partial charge in [-0.1, -0.05) is 18.2 Å². The van der Waals surface area contributed by atoms with Crippen LogP contribution in [0.15, 0.2) is 54.6 Å². The molecule has 2 aromatic heterocycles. The highest BCUT2D eigenvalue weighted by Crippen LogP contribution is 2.38. The summed E-state index contributed by atoms with van der Waals surface area (Å²) in [7, 11) is 0. The van der Waals surface area contributed by atoms with Crippen LogP contribution in [0.5, 0.6) is 5.88 Å². The second-order valence-corrected chi connectivity index (χ2v) is 12.6. The molecule has 3 saturated heterocycles. The van der Waals surface area contributed by atoms with Crippen molar-refractivity contribution in [1.82, 2.24) is 19.4 Å². The molecule has 0 saturated carbocycles. The van der Waals surface area contributed by atoms with E-state index in [-0.39, 0.29) is 42.2 Å². The molecule has 10 heteroatoms. The van der Waals surface area contributed by atoms with Gasteiger partial charge in [-0.15, -0.1) is 0 Å². The van der Waals surface area contributed by atoms with Crippen molar-refractivity contribution in [2.75, 3.05) is 19.7 Å². The van der Waals surface area contributed by atoms with E-state index in [0.717, 1.165) is 67.1 Å². The number of fused-ring (bicyclic) bond motifs is 1. The number of nitrogens with zero attached hydrogens (tertiary/aromatic N) is 4. The largest absolute Gasteiger partial charge is 0.478 e. The molecule has 9 nitrogen and oxygen atoms in total. The number of carbonyl (C=O) groups is 1. The molecule has 3 atom stereocenters.